The zero-order valence-electron chi connectivity index (χ0n) is 15.9. The van der Waals surface area contributed by atoms with E-state index < -0.39 is 0 Å². The normalized spacial score (nSPS) is 19.1. The summed E-state index contributed by atoms with van der Waals surface area (Å²) in [5, 5.41) is 4.65. The Kier molecular flexibility index (Phi) is 7.78. The molecule has 0 bridgehead atoms. The van der Waals surface area contributed by atoms with Crippen LogP contribution in [0.15, 0.2) is 48.5 Å². The second-order valence-corrected chi connectivity index (χ2v) is 8.12. The number of nitrogens with two attached hydrogens (primary N) is 1. The van der Waals surface area contributed by atoms with Gasteiger partial charge in [0, 0.05) is 38.1 Å². The fraction of sp³-hybridized carbons (Fsp3) is 0.455. The summed E-state index contributed by atoms with van der Waals surface area (Å²) in [5.41, 5.74) is 8.29. The number of unbranched alkanes of at least 4 members (excludes halogenated alkanes) is 1. The Morgan fingerprint density at radius 3 is 2.41 bits per heavy atom. The Hall–Kier alpha value is -1.32. The Morgan fingerprint density at radius 2 is 1.74 bits per heavy atom. The van der Waals surface area contributed by atoms with Crippen molar-refractivity contribution in [3.8, 4) is 0 Å². The molecule has 0 aliphatic carbocycles. The number of nitrogens with zero attached hydrogens (tertiary/aromatic N) is 1. The quantitative estimate of drug-likeness (QED) is 0.541. The molecule has 3 atom stereocenters. The molecule has 1 fully saturated rings. The molecule has 0 amide bonds. The predicted molar refractivity (Wildman–Crippen MR) is 115 cm³/mol. The van der Waals surface area contributed by atoms with Gasteiger partial charge in [-0.1, -0.05) is 42.8 Å². The molecule has 3 unspecified atom stereocenters. The van der Waals surface area contributed by atoms with Gasteiger partial charge in [0.25, 0.3) is 0 Å². The van der Waals surface area contributed by atoms with Crippen molar-refractivity contribution in [2.45, 2.75) is 31.2 Å². The Balaban J connectivity index is 1.58. The van der Waals surface area contributed by atoms with Crippen LogP contribution in [0.2, 0.25) is 0 Å². The average molecular weight is 387 g/mol. The van der Waals surface area contributed by atoms with Crippen LogP contribution in [0.25, 0.3) is 0 Å². The first kappa shape index (κ1) is 20.4. The van der Waals surface area contributed by atoms with E-state index in [4.69, 9.17) is 5.73 Å². The summed E-state index contributed by atoms with van der Waals surface area (Å²) in [6.07, 6.45) is 3.41. The van der Waals surface area contributed by atoms with Crippen molar-refractivity contribution in [2.75, 3.05) is 32.7 Å². The number of hydrogen-bond acceptors (Lipinski definition) is 3. The van der Waals surface area contributed by atoms with Crippen molar-refractivity contribution in [2.24, 2.45) is 5.73 Å². The maximum atomic E-state index is 13.4. The van der Waals surface area contributed by atoms with E-state index in [1.54, 1.807) is 12.1 Å². The lowest BCUT2D eigenvalue weighted by Gasteiger charge is -2.33. The first-order chi connectivity index (χ1) is 13.2. The summed E-state index contributed by atoms with van der Waals surface area (Å²) in [6.45, 7) is 5.01. The highest BCUT2D eigenvalue weighted by molar-refractivity contribution is 7.27. The first-order valence-corrected chi connectivity index (χ1v) is 10.5. The number of halogens is 1. The molecule has 3 nitrogen and oxygen atoms in total. The highest BCUT2D eigenvalue weighted by atomic mass is 31.0. The monoisotopic (exact) mass is 387 g/mol. The van der Waals surface area contributed by atoms with E-state index in [0.29, 0.717) is 18.5 Å². The van der Waals surface area contributed by atoms with E-state index in [1.165, 1.54) is 22.9 Å². The van der Waals surface area contributed by atoms with E-state index in [2.05, 4.69) is 43.7 Å². The highest BCUT2D eigenvalue weighted by Gasteiger charge is 2.18. The Morgan fingerprint density at radius 1 is 1.07 bits per heavy atom. The van der Waals surface area contributed by atoms with Crippen LogP contribution in [0.5, 0.6) is 0 Å². The van der Waals surface area contributed by atoms with E-state index in [1.807, 2.05) is 12.1 Å². The van der Waals surface area contributed by atoms with Gasteiger partial charge < -0.3 is 16.0 Å². The molecular formula is C22H31FN3P. The van der Waals surface area contributed by atoms with Crippen LogP contribution in [-0.2, 0) is 0 Å². The van der Waals surface area contributed by atoms with Crippen molar-refractivity contribution in [1.82, 2.24) is 10.2 Å². The Bertz CT molecular complexity index is 644. The molecule has 146 valence electrons. The summed E-state index contributed by atoms with van der Waals surface area (Å²) in [6, 6.07) is 16.1. The van der Waals surface area contributed by atoms with Crippen molar-refractivity contribution >= 4 is 14.5 Å². The number of piperazine rings is 1. The summed E-state index contributed by atoms with van der Waals surface area (Å²) in [5.74, 6) is 0.141. The third kappa shape index (κ3) is 6.08. The van der Waals surface area contributed by atoms with Crippen molar-refractivity contribution in [3.05, 3.63) is 65.5 Å². The van der Waals surface area contributed by atoms with Crippen LogP contribution in [0.3, 0.4) is 0 Å². The van der Waals surface area contributed by atoms with Crippen LogP contribution in [0, 0.1) is 5.82 Å². The van der Waals surface area contributed by atoms with Crippen LogP contribution in [-0.4, -0.2) is 43.7 Å². The summed E-state index contributed by atoms with van der Waals surface area (Å²) < 4.78 is 13.4. The third-order valence-electron chi connectivity index (χ3n) is 5.45. The minimum Gasteiger partial charge on any atom is -0.329 e. The molecule has 0 saturated carbocycles. The lowest BCUT2D eigenvalue weighted by atomic mass is 9.87. The molecule has 0 spiro atoms. The predicted octanol–water partition coefficient (Wildman–Crippen LogP) is 2.86. The van der Waals surface area contributed by atoms with Gasteiger partial charge >= 0.3 is 0 Å². The third-order valence-corrected chi connectivity index (χ3v) is 5.84. The van der Waals surface area contributed by atoms with Gasteiger partial charge in [0.15, 0.2) is 0 Å². The molecule has 1 heterocycles. The molecule has 1 aliphatic rings. The van der Waals surface area contributed by atoms with Crippen molar-refractivity contribution in [1.29, 1.82) is 0 Å². The van der Waals surface area contributed by atoms with Gasteiger partial charge in [-0.2, -0.15) is 0 Å². The standard InChI is InChI=1S/C22H31FN3P/c23-19-8-4-17(5-9-19)22(18-6-10-21(27)11-7-18)3-1-2-13-26-14-12-25-20(15-24)16-26/h4-11,20,22,25H,1-3,12-16,24,27H2. The molecule has 5 heteroatoms. The molecule has 2 aromatic carbocycles. The van der Waals surface area contributed by atoms with E-state index >= 15 is 0 Å². The summed E-state index contributed by atoms with van der Waals surface area (Å²) in [4.78, 5) is 2.52. The molecule has 3 N–H and O–H groups in total. The lowest BCUT2D eigenvalue weighted by Crippen LogP contribution is -2.53. The first-order valence-electron chi connectivity index (χ1n) is 9.92. The van der Waals surface area contributed by atoms with E-state index in [0.717, 1.165) is 39.0 Å². The maximum absolute atomic E-state index is 13.4. The number of rotatable bonds is 8. The van der Waals surface area contributed by atoms with Crippen LogP contribution in [0.4, 0.5) is 4.39 Å². The van der Waals surface area contributed by atoms with Gasteiger partial charge in [-0.25, -0.2) is 4.39 Å². The minimum absolute atomic E-state index is 0.175. The topological polar surface area (TPSA) is 41.3 Å². The fourth-order valence-corrected chi connectivity index (χ4v) is 4.08. The maximum Gasteiger partial charge on any atom is 0.123 e. The van der Waals surface area contributed by atoms with Crippen LogP contribution >= 0.6 is 9.24 Å². The number of nitrogens with one attached hydrogen (secondary N) is 1. The molecule has 3 rings (SSSR count). The van der Waals surface area contributed by atoms with Gasteiger partial charge in [0.1, 0.15) is 5.82 Å². The summed E-state index contributed by atoms with van der Waals surface area (Å²) in [7, 11) is 2.73. The molecule has 2 aromatic rings. The number of benzene rings is 2. The smallest absolute Gasteiger partial charge is 0.123 e. The molecule has 1 aliphatic heterocycles. The highest BCUT2D eigenvalue weighted by Crippen LogP contribution is 2.30. The zero-order chi connectivity index (χ0) is 19.1. The minimum atomic E-state index is -0.175. The van der Waals surface area contributed by atoms with Gasteiger partial charge in [0.2, 0.25) is 0 Å². The molecule has 1 saturated heterocycles. The lowest BCUT2D eigenvalue weighted by molar-refractivity contribution is 0.198. The molecular weight excluding hydrogens is 356 g/mol. The van der Waals surface area contributed by atoms with Crippen molar-refractivity contribution < 1.29 is 4.39 Å². The largest absolute Gasteiger partial charge is 0.329 e. The zero-order valence-corrected chi connectivity index (χ0v) is 17.1. The fourth-order valence-electron chi connectivity index (χ4n) is 3.89. The van der Waals surface area contributed by atoms with Crippen LogP contribution < -0.4 is 16.4 Å². The summed E-state index contributed by atoms with van der Waals surface area (Å²) >= 11 is 0. The van der Waals surface area contributed by atoms with Gasteiger partial charge in [-0.15, -0.1) is 9.24 Å². The second kappa shape index (κ2) is 10.3. The molecule has 0 radical (unpaired) electrons. The Labute approximate surface area is 164 Å². The van der Waals surface area contributed by atoms with E-state index in [-0.39, 0.29) is 5.82 Å². The van der Waals surface area contributed by atoms with Crippen molar-refractivity contribution in [3.63, 3.8) is 0 Å². The van der Waals surface area contributed by atoms with Gasteiger partial charge in [-0.3, -0.25) is 0 Å². The van der Waals surface area contributed by atoms with E-state index in [9.17, 15) is 4.39 Å². The van der Waals surface area contributed by atoms with Crippen LogP contribution in [0.1, 0.15) is 36.3 Å². The molecule has 0 aromatic heterocycles. The average Bonchev–Trinajstić information content (AvgIpc) is 2.70. The second-order valence-electron chi connectivity index (χ2n) is 7.45. The molecule has 27 heavy (non-hydrogen) atoms. The van der Waals surface area contributed by atoms with Gasteiger partial charge in [0.05, 0.1) is 0 Å². The number of hydrogen-bond donors (Lipinski definition) is 2. The van der Waals surface area contributed by atoms with Gasteiger partial charge in [-0.05, 0) is 48.0 Å². The SMILES string of the molecule is NCC1CN(CCCCC(c2ccc(F)cc2)c2ccc(P)cc2)CCN1.